The van der Waals surface area contributed by atoms with E-state index in [4.69, 9.17) is 16.3 Å². The van der Waals surface area contributed by atoms with Crippen LogP contribution in [0.1, 0.15) is 12.8 Å². The van der Waals surface area contributed by atoms with Crippen molar-refractivity contribution in [1.29, 1.82) is 0 Å². The summed E-state index contributed by atoms with van der Waals surface area (Å²) in [5.74, 6) is 6.45. The Morgan fingerprint density at radius 3 is 2.52 bits per heavy atom. The molecule has 124 valence electrons. The monoisotopic (exact) mass is 337 g/mol. The molecule has 6 nitrogen and oxygen atoms in total. The van der Waals surface area contributed by atoms with Gasteiger partial charge < -0.3 is 4.74 Å². The van der Waals surface area contributed by atoms with Crippen molar-refractivity contribution >= 4 is 11.6 Å². The highest BCUT2D eigenvalue weighted by atomic mass is 35.5. The summed E-state index contributed by atoms with van der Waals surface area (Å²) < 4.78 is 7.91. The predicted octanol–water partition coefficient (Wildman–Crippen LogP) is 0.409. The van der Waals surface area contributed by atoms with Crippen molar-refractivity contribution in [2.45, 2.75) is 25.9 Å². The van der Waals surface area contributed by atoms with Crippen LogP contribution < -0.4 is 11.2 Å². The molecule has 1 aromatic rings. The van der Waals surface area contributed by atoms with E-state index in [0.717, 1.165) is 43.7 Å². The van der Waals surface area contributed by atoms with Crippen molar-refractivity contribution in [3.63, 3.8) is 0 Å². The number of aromatic nitrogens is 2. The molecule has 2 aliphatic rings. The Bertz CT molecular complexity index is 734. The van der Waals surface area contributed by atoms with Crippen LogP contribution in [-0.2, 0) is 17.8 Å². The number of ether oxygens (including phenoxy) is 1. The molecule has 3 rings (SSSR count). The first-order valence-corrected chi connectivity index (χ1v) is 8.29. The third kappa shape index (κ3) is 4.25. The zero-order valence-electron chi connectivity index (χ0n) is 13.0. The molecular weight excluding hydrogens is 318 g/mol. The topological polar surface area (TPSA) is 56.5 Å². The van der Waals surface area contributed by atoms with Gasteiger partial charge in [0.05, 0.1) is 26.3 Å². The van der Waals surface area contributed by atoms with Gasteiger partial charge in [-0.3, -0.25) is 14.3 Å². The Morgan fingerprint density at radius 2 is 1.83 bits per heavy atom. The minimum Gasteiger partial charge on any atom is -0.379 e. The van der Waals surface area contributed by atoms with Crippen LogP contribution >= 0.6 is 11.6 Å². The van der Waals surface area contributed by atoms with Gasteiger partial charge in [0.1, 0.15) is 5.15 Å². The second kappa shape index (κ2) is 7.35. The predicted molar refractivity (Wildman–Crippen MR) is 87.7 cm³/mol. The first kappa shape index (κ1) is 16.3. The molecule has 0 N–H and O–H groups in total. The summed E-state index contributed by atoms with van der Waals surface area (Å²) in [5, 5.41) is 0.212. The van der Waals surface area contributed by atoms with Gasteiger partial charge in [-0.15, -0.1) is 0 Å². The van der Waals surface area contributed by atoms with Gasteiger partial charge in [0.25, 0.3) is 5.56 Å². The van der Waals surface area contributed by atoms with E-state index >= 15 is 0 Å². The zero-order chi connectivity index (χ0) is 16.2. The molecule has 0 bridgehead atoms. The van der Waals surface area contributed by atoms with E-state index < -0.39 is 5.56 Å². The van der Waals surface area contributed by atoms with Crippen molar-refractivity contribution in [1.82, 2.24) is 14.0 Å². The first-order valence-electron chi connectivity index (χ1n) is 7.91. The second-order valence-electron chi connectivity index (χ2n) is 5.97. The Balaban J connectivity index is 1.69. The first-order chi connectivity index (χ1) is 11.1. The van der Waals surface area contributed by atoms with E-state index in [1.54, 1.807) is 0 Å². The molecule has 0 spiro atoms. The maximum atomic E-state index is 12.4. The number of rotatable bonds is 4. The normalized spacial score (nSPS) is 18.5. The maximum absolute atomic E-state index is 12.4. The van der Waals surface area contributed by atoms with E-state index in [2.05, 4.69) is 16.7 Å². The fourth-order valence-corrected chi connectivity index (χ4v) is 2.76. The molecule has 1 aliphatic carbocycles. The van der Waals surface area contributed by atoms with Gasteiger partial charge in [-0.2, -0.15) is 0 Å². The summed E-state index contributed by atoms with van der Waals surface area (Å²) >= 11 is 6.04. The summed E-state index contributed by atoms with van der Waals surface area (Å²) in [5.41, 5.74) is -0.761. The standard InChI is InChI=1S/C16H20ClN3O3/c17-14-11-15(21)19(16(22)20(14)12-13-3-4-13)6-2-1-5-18-7-9-23-10-8-18/h11,13H,3-10,12H2. The SMILES string of the molecule is O=c1cc(Cl)n(CC2CC2)c(=O)n1CC#CCN1CCOCC1. The van der Waals surface area contributed by atoms with Crippen LogP contribution in [0.15, 0.2) is 15.7 Å². The van der Waals surface area contributed by atoms with Gasteiger partial charge in [0, 0.05) is 25.7 Å². The number of halogens is 1. The summed E-state index contributed by atoms with van der Waals surface area (Å²) in [6.45, 7) is 4.49. The quantitative estimate of drug-likeness (QED) is 0.590. The van der Waals surface area contributed by atoms with Crippen LogP contribution in [0.2, 0.25) is 5.15 Å². The molecule has 1 aliphatic heterocycles. The molecule has 0 aromatic carbocycles. The lowest BCUT2D eigenvalue weighted by Gasteiger charge is -2.24. The van der Waals surface area contributed by atoms with Crippen LogP contribution in [-0.4, -0.2) is 46.9 Å². The average Bonchev–Trinajstić information content (AvgIpc) is 3.35. The number of morpholine rings is 1. The van der Waals surface area contributed by atoms with Gasteiger partial charge in [0.2, 0.25) is 0 Å². The van der Waals surface area contributed by atoms with Gasteiger partial charge >= 0.3 is 5.69 Å². The molecule has 0 radical (unpaired) electrons. The molecule has 0 atom stereocenters. The summed E-state index contributed by atoms with van der Waals surface area (Å²) in [7, 11) is 0. The number of nitrogens with zero attached hydrogens (tertiary/aromatic N) is 3. The van der Waals surface area contributed by atoms with Crippen LogP contribution in [0, 0.1) is 17.8 Å². The molecule has 7 heteroatoms. The molecule has 2 heterocycles. The van der Waals surface area contributed by atoms with Crippen LogP contribution in [0.25, 0.3) is 0 Å². The minimum atomic E-state index is -0.396. The van der Waals surface area contributed by atoms with Crippen LogP contribution in [0.4, 0.5) is 0 Å². The van der Waals surface area contributed by atoms with Crippen molar-refractivity contribution in [3.8, 4) is 11.8 Å². The summed E-state index contributed by atoms with van der Waals surface area (Å²) in [4.78, 5) is 26.6. The highest BCUT2D eigenvalue weighted by molar-refractivity contribution is 6.29. The largest absolute Gasteiger partial charge is 0.379 e. The van der Waals surface area contributed by atoms with Crippen molar-refractivity contribution in [2.75, 3.05) is 32.8 Å². The highest BCUT2D eigenvalue weighted by Gasteiger charge is 2.24. The lowest BCUT2D eigenvalue weighted by Crippen LogP contribution is -2.40. The van der Waals surface area contributed by atoms with Gasteiger partial charge in [-0.1, -0.05) is 23.4 Å². The molecule has 0 amide bonds. The van der Waals surface area contributed by atoms with Gasteiger partial charge in [-0.05, 0) is 18.8 Å². The van der Waals surface area contributed by atoms with Gasteiger partial charge in [-0.25, -0.2) is 9.36 Å². The molecular formula is C16H20ClN3O3. The van der Waals surface area contributed by atoms with E-state index in [1.807, 2.05) is 0 Å². The lowest BCUT2D eigenvalue weighted by atomic mass is 10.4. The molecule has 2 fully saturated rings. The van der Waals surface area contributed by atoms with E-state index in [9.17, 15) is 9.59 Å². The molecule has 1 saturated heterocycles. The minimum absolute atomic E-state index is 0.101. The maximum Gasteiger partial charge on any atom is 0.332 e. The average molecular weight is 338 g/mol. The summed E-state index contributed by atoms with van der Waals surface area (Å²) in [6.07, 6.45) is 2.22. The molecule has 1 aromatic heterocycles. The third-order valence-electron chi connectivity index (χ3n) is 4.13. The Labute approximate surface area is 139 Å². The van der Waals surface area contributed by atoms with Gasteiger partial charge in [0.15, 0.2) is 0 Å². The third-order valence-corrected chi connectivity index (χ3v) is 4.45. The van der Waals surface area contributed by atoms with Crippen molar-refractivity contribution in [3.05, 3.63) is 32.1 Å². The van der Waals surface area contributed by atoms with E-state index in [0.29, 0.717) is 19.0 Å². The lowest BCUT2D eigenvalue weighted by molar-refractivity contribution is 0.0443. The summed E-state index contributed by atoms with van der Waals surface area (Å²) in [6, 6.07) is 1.30. The fraction of sp³-hybridized carbons (Fsp3) is 0.625. The molecule has 0 unspecified atom stereocenters. The second-order valence-corrected chi connectivity index (χ2v) is 6.36. The number of hydrogen-bond acceptors (Lipinski definition) is 4. The fourth-order valence-electron chi connectivity index (χ4n) is 2.52. The van der Waals surface area contributed by atoms with Crippen LogP contribution in [0.3, 0.4) is 0 Å². The van der Waals surface area contributed by atoms with Crippen molar-refractivity contribution < 1.29 is 4.74 Å². The number of hydrogen-bond donors (Lipinski definition) is 0. The zero-order valence-corrected chi connectivity index (χ0v) is 13.7. The Morgan fingerprint density at radius 1 is 1.13 bits per heavy atom. The molecule has 1 saturated carbocycles. The highest BCUT2D eigenvalue weighted by Crippen LogP contribution is 2.30. The van der Waals surface area contributed by atoms with E-state index in [1.165, 1.54) is 10.6 Å². The van der Waals surface area contributed by atoms with E-state index in [-0.39, 0.29) is 17.4 Å². The Hall–Kier alpha value is -1.55. The Kier molecular flexibility index (Phi) is 5.21. The van der Waals surface area contributed by atoms with Crippen molar-refractivity contribution in [2.24, 2.45) is 5.92 Å². The smallest absolute Gasteiger partial charge is 0.332 e. The van der Waals surface area contributed by atoms with Crippen LogP contribution in [0.5, 0.6) is 0 Å². The molecule has 23 heavy (non-hydrogen) atoms.